The summed E-state index contributed by atoms with van der Waals surface area (Å²) in [5.41, 5.74) is -1.01. The molecule has 1 saturated heterocycles. The first kappa shape index (κ1) is 14.8. The van der Waals surface area contributed by atoms with E-state index in [9.17, 15) is 13.2 Å². The number of halogens is 3. The van der Waals surface area contributed by atoms with Crippen molar-refractivity contribution in [2.45, 2.75) is 45.1 Å². The average Bonchev–Trinajstić information content (AvgIpc) is 2.13. The summed E-state index contributed by atoms with van der Waals surface area (Å²) in [5.74, 6) is 0. The summed E-state index contributed by atoms with van der Waals surface area (Å²) in [7, 11) is 0.783. The van der Waals surface area contributed by atoms with Crippen LogP contribution in [0.15, 0.2) is 0 Å². The number of hydrogen-bond acceptors (Lipinski definition) is 3. The van der Waals surface area contributed by atoms with Crippen LogP contribution in [-0.2, 0) is 9.31 Å². The zero-order valence-electron chi connectivity index (χ0n) is 10.9. The molecular formula is C10H19BF3NO2. The number of alkyl halides is 3. The van der Waals surface area contributed by atoms with Crippen molar-refractivity contribution in [2.75, 3.05) is 20.0 Å². The third kappa shape index (κ3) is 3.86. The Morgan fingerprint density at radius 2 is 1.47 bits per heavy atom. The Bertz CT molecular complexity index is 265. The fourth-order valence-electron chi connectivity index (χ4n) is 1.66. The monoisotopic (exact) mass is 253 g/mol. The van der Waals surface area contributed by atoms with Gasteiger partial charge >= 0.3 is 13.3 Å². The van der Waals surface area contributed by atoms with Crippen LogP contribution in [0.1, 0.15) is 27.7 Å². The molecule has 0 spiro atoms. The third-order valence-corrected chi connectivity index (χ3v) is 3.21. The van der Waals surface area contributed by atoms with Gasteiger partial charge in [0.2, 0.25) is 0 Å². The average molecular weight is 253 g/mol. The van der Waals surface area contributed by atoms with Crippen molar-refractivity contribution in [1.82, 2.24) is 4.90 Å². The highest BCUT2D eigenvalue weighted by Crippen LogP contribution is 2.36. The quantitative estimate of drug-likeness (QED) is 0.719. The molecule has 100 valence electrons. The van der Waals surface area contributed by atoms with Crippen LogP contribution in [0.2, 0.25) is 0 Å². The van der Waals surface area contributed by atoms with Crippen LogP contribution in [0.4, 0.5) is 13.2 Å². The van der Waals surface area contributed by atoms with E-state index in [1.807, 2.05) is 27.7 Å². The van der Waals surface area contributed by atoms with E-state index < -0.39 is 31.0 Å². The molecule has 0 aromatic heterocycles. The summed E-state index contributed by atoms with van der Waals surface area (Å²) in [5, 5.41) is 0. The van der Waals surface area contributed by atoms with Gasteiger partial charge in [-0.05, 0) is 34.7 Å². The molecule has 0 atom stereocenters. The summed E-state index contributed by atoms with van der Waals surface area (Å²) in [6.07, 6.45) is -4.09. The summed E-state index contributed by atoms with van der Waals surface area (Å²) >= 11 is 0. The Kier molecular flexibility index (Phi) is 3.87. The highest BCUT2D eigenvalue weighted by molar-refractivity contribution is 6.45. The second-order valence-corrected chi connectivity index (χ2v) is 5.50. The van der Waals surface area contributed by atoms with Crippen molar-refractivity contribution >= 4 is 7.12 Å². The van der Waals surface area contributed by atoms with E-state index in [0.29, 0.717) is 0 Å². The summed E-state index contributed by atoms with van der Waals surface area (Å²) in [4.78, 5) is 1.15. The molecule has 0 bridgehead atoms. The van der Waals surface area contributed by atoms with Crippen molar-refractivity contribution in [1.29, 1.82) is 0 Å². The Labute approximate surface area is 100 Å². The van der Waals surface area contributed by atoms with Gasteiger partial charge in [-0.1, -0.05) is 0 Å². The van der Waals surface area contributed by atoms with Gasteiger partial charge < -0.3 is 14.2 Å². The largest absolute Gasteiger partial charge is 0.472 e. The standard InChI is InChI=1S/C10H19BF3NO2/c1-8(2)9(3,4)17-11(16-8)7-15(5)6-10(12,13)14/h6-7H2,1-5H3. The van der Waals surface area contributed by atoms with Gasteiger partial charge in [0.15, 0.2) is 0 Å². The smallest absolute Gasteiger partial charge is 0.402 e. The SMILES string of the molecule is CN(CB1OC(C)(C)C(C)(C)O1)CC(F)(F)F. The summed E-state index contributed by atoms with van der Waals surface area (Å²) in [6, 6.07) is 0. The van der Waals surface area contributed by atoms with Gasteiger partial charge in [-0.15, -0.1) is 0 Å². The van der Waals surface area contributed by atoms with E-state index in [0.717, 1.165) is 4.90 Å². The van der Waals surface area contributed by atoms with Gasteiger partial charge in [0.1, 0.15) is 0 Å². The molecule has 1 aliphatic heterocycles. The molecule has 0 aromatic rings. The van der Waals surface area contributed by atoms with E-state index in [1.54, 1.807) is 0 Å². The van der Waals surface area contributed by atoms with Crippen LogP contribution in [0, 0.1) is 0 Å². The normalized spacial score (nSPS) is 23.5. The van der Waals surface area contributed by atoms with Crippen LogP contribution in [0.5, 0.6) is 0 Å². The topological polar surface area (TPSA) is 21.7 Å². The van der Waals surface area contributed by atoms with Crippen molar-refractivity contribution in [2.24, 2.45) is 0 Å². The lowest BCUT2D eigenvalue weighted by Gasteiger charge is -2.32. The van der Waals surface area contributed by atoms with Crippen molar-refractivity contribution < 1.29 is 22.5 Å². The molecule has 0 aliphatic carbocycles. The molecule has 1 fully saturated rings. The fraction of sp³-hybridized carbons (Fsp3) is 1.00. The minimum absolute atomic E-state index is 0.104. The maximum Gasteiger partial charge on any atom is 0.472 e. The van der Waals surface area contributed by atoms with E-state index in [-0.39, 0.29) is 6.44 Å². The molecule has 0 aromatic carbocycles. The predicted octanol–water partition coefficient (Wildman–Crippen LogP) is 2.11. The maximum absolute atomic E-state index is 12.2. The third-order valence-electron chi connectivity index (χ3n) is 3.21. The predicted molar refractivity (Wildman–Crippen MR) is 59.6 cm³/mol. The minimum Gasteiger partial charge on any atom is -0.402 e. The lowest BCUT2D eigenvalue weighted by Crippen LogP contribution is -2.41. The zero-order valence-corrected chi connectivity index (χ0v) is 10.9. The van der Waals surface area contributed by atoms with Crippen LogP contribution < -0.4 is 0 Å². The number of rotatable bonds is 3. The van der Waals surface area contributed by atoms with E-state index >= 15 is 0 Å². The van der Waals surface area contributed by atoms with Crippen LogP contribution in [-0.4, -0.2) is 49.4 Å². The summed E-state index contributed by atoms with van der Waals surface area (Å²) < 4.78 is 47.7. The molecule has 17 heavy (non-hydrogen) atoms. The van der Waals surface area contributed by atoms with Crippen molar-refractivity contribution in [3.63, 3.8) is 0 Å². The van der Waals surface area contributed by atoms with Crippen LogP contribution >= 0.6 is 0 Å². The molecule has 0 unspecified atom stereocenters. The first-order valence-corrected chi connectivity index (χ1v) is 5.54. The number of hydrogen-bond donors (Lipinski definition) is 0. The molecular weight excluding hydrogens is 234 g/mol. The lowest BCUT2D eigenvalue weighted by molar-refractivity contribution is -0.141. The second-order valence-electron chi connectivity index (χ2n) is 5.50. The van der Waals surface area contributed by atoms with Crippen molar-refractivity contribution in [3.05, 3.63) is 0 Å². The molecule has 1 heterocycles. The van der Waals surface area contributed by atoms with E-state index in [1.165, 1.54) is 7.05 Å². The molecule has 0 N–H and O–H groups in total. The van der Waals surface area contributed by atoms with Gasteiger partial charge in [0.25, 0.3) is 0 Å². The van der Waals surface area contributed by atoms with E-state index in [2.05, 4.69) is 0 Å². The fourth-order valence-corrected chi connectivity index (χ4v) is 1.66. The Morgan fingerprint density at radius 1 is 1.06 bits per heavy atom. The van der Waals surface area contributed by atoms with Crippen LogP contribution in [0.25, 0.3) is 0 Å². The Hall–Kier alpha value is -0.265. The number of nitrogens with zero attached hydrogens (tertiary/aromatic N) is 1. The van der Waals surface area contributed by atoms with Gasteiger partial charge in [-0.25, -0.2) is 0 Å². The Balaban J connectivity index is 2.51. The molecule has 0 amide bonds. The molecule has 1 rings (SSSR count). The van der Waals surface area contributed by atoms with Gasteiger partial charge in [-0.2, -0.15) is 13.2 Å². The second kappa shape index (κ2) is 4.44. The van der Waals surface area contributed by atoms with Crippen molar-refractivity contribution in [3.8, 4) is 0 Å². The molecule has 7 heteroatoms. The molecule has 3 nitrogen and oxygen atoms in total. The maximum atomic E-state index is 12.2. The van der Waals surface area contributed by atoms with Gasteiger partial charge in [0.05, 0.1) is 17.7 Å². The summed E-state index contributed by atoms with van der Waals surface area (Å²) in [6.45, 7) is 6.53. The first-order valence-electron chi connectivity index (χ1n) is 5.54. The van der Waals surface area contributed by atoms with Gasteiger partial charge in [-0.3, -0.25) is 0 Å². The highest BCUT2D eigenvalue weighted by Gasteiger charge is 2.51. The zero-order chi connectivity index (χ0) is 13.5. The molecule has 1 aliphatic rings. The molecule has 0 radical (unpaired) electrons. The Morgan fingerprint density at radius 3 is 1.82 bits per heavy atom. The minimum atomic E-state index is -4.20. The highest BCUT2D eigenvalue weighted by atomic mass is 19.4. The van der Waals surface area contributed by atoms with E-state index in [4.69, 9.17) is 9.31 Å². The van der Waals surface area contributed by atoms with Crippen LogP contribution in [0.3, 0.4) is 0 Å². The lowest BCUT2D eigenvalue weighted by atomic mass is 9.90. The molecule has 0 saturated carbocycles. The first-order chi connectivity index (χ1) is 7.43. The van der Waals surface area contributed by atoms with Gasteiger partial charge in [0, 0.05) is 6.44 Å².